The predicted molar refractivity (Wildman–Crippen MR) is 106 cm³/mol. The molecular formula is C20H23N3O5. The minimum Gasteiger partial charge on any atom is -0.506 e. The van der Waals surface area contributed by atoms with Crippen LogP contribution in [0.3, 0.4) is 0 Å². The van der Waals surface area contributed by atoms with Crippen molar-refractivity contribution in [2.75, 3.05) is 29.9 Å². The Labute approximate surface area is 162 Å². The Morgan fingerprint density at radius 1 is 1.29 bits per heavy atom. The van der Waals surface area contributed by atoms with E-state index in [1.807, 2.05) is 0 Å². The average molecular weight is 385 g/mol. The van der Waals surface area contributed by atoms with Gasteiger partial charge in [-0.05, 0) is 38.0 Å². The van der Waals surface area contributed by atoms with Gasteiger partial charge < -0.3 is 20.1 Å². The lowest BCUT2D eigenvalue weighted by Crippen LogP contribution is -2.38. The van der Waals surface area contributed by atoms with Gasteiger partial charge in [0.25, 0.3) is 0 Å². The van der Waals surface area contributed by atoms with E-state index in [4.69, 9.17) is 4.74 Å². The largest absolute Gasteiger partial charge is 0.506 e. The van der Waals surface area contributed by atoms with Crippen LogP contribution in [0.1, 0.15) is 19.8 Å². The standard InChI is InChI=1S/C20H23N3O5/c1-2-28-19-13-15(7-8-17(19)23(26)27)22-11-9-14(10-12-22)20(25)21-16-5-3-4-6-18(16)24/h3-8,13-14,24H,2,9-12H2,1H3,(H,21,25). The summed E-state index contributed by atoms with van der Waals surface area (Å²) in [5.74, 6) is 0.0344. The molecule has 0 radical (unpaired) electrons. The zero-order valence-electron chi connectivity index (χ0n) is 15.6. The van der Waals surface area contributed by atoms with Gasteiger partial charge in [0.15, 0.2) is 5.75 Å². The first-order valence-corrected chi connectivity index (χ1v) is 9.24. The summed E-state index contributed by atoms with van der Waals surface area (Å²) in [6, 6.07) is 11.5. The molecule has 2 aromatic carbocycles. The van der Waals surface area contributed by atoms with E-state index in [0.717, 1.165) is 5.69 Å². The number of aromatic hydroxyl groups is 1. The molecule has 1 saturated heterocycles. The fourth-order valence-electron chi connectivity index (χ4n) is 3.34. The molecule has 0 saturated carbocycles. The first-order valence-electron chi connectivity index (χ1n) is 9.24. The number of phenolic OH excluding ortho intramolecular Hbond substituents is 1. The molecule has 1 heterocycles. The number of nitrogens with one attached hydrogen (secondary N) is 1. The van der Waals surface area contributed by atoms with E-state index in [2.05, 4.69) is 10.2 Å². The number of nitro groups is 1. The molecular weight excluding hydrogens is 362 g/mol. The van der Waals surface area contributed by atoms with E-state index < -0.39 is 4.92 Å². The topological polar surface area (TPSA) is 105 Å². The first-order chi connectivity index (χ1) is 13.5. The van der Waals surface area contributed by atoms with E-state index in [1.165, 1.54) is 12.1 Å². The van der Waals surface area contributed by atoms with Crippen LogP contribution < -0.4 is 15.0 Å². The highest BCUT2D eigenvalue weighted by Gasteiger charge is 2.26. The lowest BCUT2D eigenvalue weighted by Gasteiger charge is -2.33. The summed E-state index contributed by atoms with van der Waals surface area (Å²) in [5, 5.41) is 23.7. The number of carbonyl (C=O) groups excluding carboxylic acids is 1. The molecule has 148 valence electrons. The van der Waals surface area contributed by atoms with Gasteiger partial charge in [0, 0.05) is 36.8 Å². The van der Waals surface area contributed by atoms with E-state index in [1.54, 1.807) is 37.3 Å². The fraction of sp³-hybridized carbons (Fsp3) is 0.350. The normalized spacial score (nSPS) is 14.5. The van der Waals surface area contributed by atoms with Crippen LogP contribution in [-0.4, -0.2) is 35.6 Å². The van der Waals surface area contributed by atoms with Gasteiger partial charge in [-0.15, -0.1) is 0 Å². The number of phenols is 1. The molecule has 0 bridgehead atoms. The molecule has 0 unspecified atom stereocenters. The summed E-state index contributed by atoms with van der Waals surface area (Å²) in [5.41, 5.74) is 1.20. The molecule has 1 aliphatic rings. The second-order valence-electron chi connectivity index (χ2n) is 6.61. The minimum absolute atomic E-state index is 0.0441. The summed E-state index contributed by atoms with van der Waals surface area (Å²) in [6.07, 6.45) is 1.31. The third-order valence-corrected chi connectivity index (χ3v) is 4.83. The highest BCUT2D eigenvalue weighted by atomic mass is 16.6. The van der Waals surface area contributed by atoms with Gasteiger partial charge in [0.1, 0.15) is 5.75 Å². The van der Waals surface area contributed by atoms with E-state index >= 15 is 0 Å². The number of para-hydroxylation sites is 2. The fourth-order valence-corrected chi connectivity index (χ4v) is 3.34. The molecule has 8 nitrogen and oxygen atoms in total. The molecule has 0 aromatic heterocycles. The number of anilines is 2. The third-order valence-electron chi connectivity index (χ3n) is 4.83. The Kier molecular flexibility index (Phi) is 5.98. The SMILES string of the molecule is CCOc1cc(N2CCC(C(=O)Nc3ccccc3O)CC2)ccc1[N+](=O)[O-]. The summed E-state index contributed by atoms with van der Waals surface area (Å²) < 4.78 is 5.41. The van der Waals surface area contributed by atoms with Gasteiger partial charge in [-0.1, -0.05) is 12.1 Å². The third kappa shape index (κ3) is 4.33. The Balaban J connectivity index is 1.63. The second kappa shape index (κ2) is 8.60. The number of ether oxygens (including phenoxy) is 1. The molecule has 1 amide bonds. The van der Waals surface area contributed by atoms with Gasteiger partial charge in [-0.2, -0.15) is 0 Å². The molecule has 2 N–H and O–H groups in total. The number of rotatable bonds is 6. The highest BCUT2D eigenvalue weighted by Crippen LogP contribution is 2.33. The maximum Gasteiger partial charge on any atom is 0.311 e. The average Bonchev–Trinajstić information content (AvgIpc) is 2.70. The molecule has 8 heteroatoms. The maximum absolute atomic E-state index is 12.5. The van der Waals surface area contributed by atoms with Crippen LogP contribution in [0.4, 0.5) is 17.1 Å². The second-order valence-corrected chi connectivity index (χ2v) is 6.61. The number of nitrogens with zero attached hydrogens (tertiary/aromatic N) is 2. The van der Waals surface area contributed by atoms with Gasteiger partial charge >= 0.3 is 5.69 Å². The molecule has 0 atom stereocenters. The summed E-state index contributed by atoms with van der Waals surface area (Å²) in [6.45, 7) is 3.44. The van der Waals surface area contributed by atoms with Gasteiger partial charge in [0.2, 0.25) is 5.91 Å². The number of nitro benzene ring substituents is 1. The van der Waals surface area contributed by atoms with Crippen molar-refractivity contribution >= 4 is 23.0 Å². The quantitative estimate of drug-likeness (QED) is 0.448. The lowest BCUT2D eigenvalue weighted by molar-refractivity contribution is -0.385. The van der Waals surface area contributed by atoms with Crippen molar-refractivity contribution in [2.24, 2.45) is 5.92 Å². The number of benzene rings is 2. The molecule has 2 aromatic rings. The number of hydrogen-bond acceptors (Lipinski definition) is 6. The van der Waals surface area contributed by atoms with Crippen molar-refractivity contribution in [3.63, 3.8) is 0 Å². The molecule has 1 aliphatic heterocycles. The Morgan fingerprint density at radius 3 is 2.64 bits per heavy atom. The van der Waals surface area contributed by atoms with Gasteiger partial charge in [-0.3, -0.25) is 14.9 Å². The summed E-state index contributed by atoms with van der Waals surface area (Å²) in [4.78, 5) is 25.3. The van der Waals surface area contributed by atoms with Gasteiger partial charge in [0.05, 0.1) is 17.2 Å². The van der Waals surface area contributed by atoms with Crippen molar-refractivity contribution in [1.82, 2.24) is 0 Å². The van der Waals surface area contributed by atoms with E-state index in [0.29, 0.717) is 38.2 Å². The molecule has 0 spiro atoms. The molecule has 0 aliphatic carbocycles. The lowest BCUT2D eigenvalue weighted by atomic mass is 9.95. The van der Waals surface area contributed by atoms with Crippen LogP contribution in [0.25, 0.3) is 0 Å². The molecule has 28 heavy (non-hydrogen) atoms. The van der Waals surface area contributed by atoms with E-state index in [-0.39, 0.29) is 29.0 Å². The Hall–Kier alpha value is -3.29. The number of piperidine rings is 1. The number of hydrogen-bond donors (Lipinski definition) is 2. The van der Waals surface area contributed by atoms with Crippen molar-refractivity contribution < 1.29 is 19.6 Å². The summed E-state index contributed by atoms with van der Waals surface area (Å²) >= 11 is 0. The van der Waals surface area contributed by atoms with E-state index in [9.17, 15) is 20.0 Å². The monoisotopic (exact) mass is 385 g/mol. The highest BCUT2D eigenvalue weighted by molar-refractivity contribution is 5.94. The molecule has 1 fully saturated rings. The first kappa shape index (κ1) is 19.5. The smallest absolute Gasteiger partial charge is 0.311 e. The van der Waals surface area contributed by atoms with Crippen LogP contribution in [0.5, 0.6) is 11.5 Å². The van der Waals surface area contributed by atoms with Crippen molar-refractivity contribution in [1.29, 1.82) is 0 Å². The number of carbonyl (C=O) groups is 1. The summed E-state index contributed by atoms with van der Waals surface area (Å²) in [7, 11) is 0. The van der Waals surface area contributed by atoms with Gasteiger partial charge in [-0.25, -0.2) is 0 Å². The van der Waals surface area contributed by atoms with Crippen molar-refractivity contribution in [3.8, 4) is 11.5 Å². The van der Waals surface area contributed by atoms with Crippen LogP contribution in [-0.2, 0) is 4.79 Å². The zero-order valence-corrected chi connectivity index (χ0v) is 15.6. The number of amides is 1. The van der Waals surface area contributed by atoms with Crippen molar-refractivity contribution in [3.05, 3.63) is 52.6 Å². The minimum atomic E-state index is -0.454. The molecule has 3 rings (SSSR count). The van der Waals surface area contributed by atoms with Crippen LogP contribution >= 0.6 is 0 Å². The van der Waals surface area contributed by atoms with Crippen LogP contribution in [0, 0.1) is 16.0 Å². The van der Waals surface area contributed by atoms with Crippen molar-refractivity contribution in [2.45, 2.75) is 19.8 Å². The predicted octanol–water partition coefficient (Wildman–Crippen LogP) is 3.55. The zero-order chi connectivity index (χ0) is 20.1. The van der Waals surface area contributed by atoms with Crippen LogP contribution in [0.2, 0.25) is 0 Å². The maximum atomic E-state index is 12.5. The Morgan fingerprint density at radius 2 is 2.00 bits per heavy atom. The Bertz CT molecular complexity index is 863. The van der Waals surface area contributed by atoms with Crippen LogP contribution in [0.15, 0.2) is 42.5 Å².